The van der Waals surface area contributed by atoms with E-state index >= 15 is 0 Å². The van der Waals surface area contributed by atoms with Crippen molar-refractivity contribution in [1.82, 2.24) is 0 Å². The first-order valence-corrected chi connectivity index (χ1v) is 11.8. The van der Waals surface area contributed by atoms with Gasteiger partial charge in [-0.15, -0.1) is 0 Å². The average molecular weight is 531 g/mol. The molecule has 2 saturated heterocycles. The fourth-order valence-electron chi connectivity index (χ4n) is 4.99. The molecule has 2 bridgehead atoms. The molecule has 4 rings (SSSR count). The molecule has 2 atom stereocenters. The summed E-state index contributed by atoms with van der Waals surface area (Å²) in [5.41, 5.74) is 1.74. The van der Waals surface area contributed by atoms with Gasteiger partial charge in [0.15, 0.2) is 0 Å². The number of carboxylic acids is 1. The average Bonchev–Trinajstić information content (AvgIpc) is 2.97. The van der Waals surface area contributed by atoms with Crippen molar-refractivity contribution in [2.24, 2.45) is 5.92 Å². The number of amides is 1. The molecule has 0 aliphatic carbocycles. The van der Waals surface area contributed by atoms with Crippen LogP contribution in [0.5, 0.6) is 0 Å². The summed E-state index contributed by atoms with van der Waals surface area (Å²) in [6.07, 6.45) is -1.14. The molecule has 11 heteroatoms. The zero-order chi connectivity index (χ0) is 26.7. The second-order valence-corrected chi connectivity index (χ2v) is 9.89. The number of carboxylic acid groups (broad SMARTS) is 1. The van der Waals surface area contributed by atoms with E-state index in [-0.39, 0.29) is 10.7 Å². The number of ether oxygens (including phenoxy) is 1. The molecule has 0 aromatic heterocycles. The van der Waals surface area contributed by atoms with E-state index in [1.807, 2.05) is 30.3 Å². The van der Waals surface area contributed by atoms with Gasteiger partial charge in [-0.05, 0) is 17.7 Å². The van der Waals surface area contributed by atoms with Crippen LogP contribution in [0.4, 0.5) is 28.0 Å². The summed E-state index contributed by atoms with van der Waals surface area (Å²) in [7, 11) is 4.62. The molecule has 0 spiro atoms. The van der Waals surface area contributed by atoms with E-state index in [0.29, 0.717) is 30.2 Å². The Labute approximate surface area is 211 Å². The fourth-order valence-corrected chi connectivity index (χ4v) is 5.20. The van der Waals surface area contributed by atoms with Gasteiger partial charge >= 0.3 is 12.3 Å². The Kier molecular flexibility index (Phi) is 8.51. The third-order valence-corrected chi connectivity index (χ3v) is 7.38. The van der Waals surface area contributed by atoms with E-state index in [1.165, 1.54) is 18.9 Å². The molecule has 1 N–H and O–H groups in total. The number of piperidine rings is 1. The molecule has 2 aromatic carbocycles. The minimum absolute atomic E-state index is 0.113. The van der Waals surface area contributed by atoms with Crippen LogP contribution in [-0.2, 0) is 9.53 Å². The lowest BCUT2D eigenvalue weighted by atomic mass is 9.90. The number of hydrogen-bond donors (Lipinski definition) is 1. The highest BCUT2D eigenvalue weighted by atomic mass is 35.5. The third-order valence-electron chi connectivity index (χ3n) is 7.01. The van der Waals surface area contributed by atoms with Gasteiger partial charge in [0.25, 0.3) is 0 Å². The Bertz CT molecular complexity index is 1080. The van der Waals surface area contributed by atoms with Gasteiger partial charge in [-0.3, -0.25) is 5.32 Å². The van der Waals surface area contributed by atoms with E-state index in [9.17, 15) is 22.4 Å². The highest BCUT2D eigenvalue weighted by molar-refractivity contribution is 6.34. The Hall–Kier alpha value is -2.85. The Morgan fingerprint density at radius 3 is 2.17 bits per heavy atom. The molecule has 2 aliphatic heterocycles. The molecule has 2 fully saturated rings. The molecule has 196 valence electrons. The SMILES string of the molecule is C[N+]1(C)C2CCC1CC(COC(=O)Nc1c(-c3ccccc3)ccc(F)c1Cl)C2.O=C([O-])C(F)(F)F. The minimum atomic E-state index is -5.19. The minimum Gasteiger partial charge on any atom is -0.542 e. The topological polar surface area (TPSA) is 78.5 Å². The quantitative estimate of drug-likeness (QED) is 0.445. The molecule has 0 radical (unpaired) electrons. The number of fused-ring (bicyclic) bond motifs is 2. The first-order chi connectivity index (χ1) is 16.8. The van der Waals surface area contributed by atoms with Gasteiger partial charge in [0.05, 0.1) is 38.5 Å². The number of halogens is 5. The van der Waals surface area contributed by atoms with Crippen molar-refractivity contribution in [1.29, 1.82) is 0 Å². The summed E-state index contributed by atoms with van der Waals surface area (Å²) in [6, 6.07) is 13.6. The predicted octanol–water partition coefficient (Wildman–Crippen LogP) is 5.01. The Balaban J connectivity index is 0.000000454. The molecular formula is C25H27ClF4N2O4. The number of aliphatic carboxylic acids is 1. The molecule has 6 nitrogen and oxygen atoms in total. The van der Waals surface area contributed by atoms with Gasteiger partial charge in [0, 0.05) is 37.2 Å². The second kappa shape index (κ2) is 11.0. The highest BCUT2D eigenvalue weighted by Crippen LogP contribution is 2.42. The van der Waals surface area contributed by atoms with Crippen LogP contribution in [-0.4, -0.2) is 55.5 Å². The van der Waals surface area contributed by atoms with Gasteiger partial charge in [-0.1, -0.05) is 41.9 Å². The number of rotatable bonds is 4. The van der Waals surface area contributed by atoms with E-state index in [0.717, 1.165) is 22.9 Å². The smallest absolute Gasteiger partial charge is 0.430 e. The maximum atomic E-state index is 14.0. The summed E-state index contributed by atoms with van der Waals surface area (Å²) >= 11 is 6.17. The van der Waals surface area contributed by atoms with Crippen molar-refractivity contribution < 1.29 is 41.5 Å². The van der Waals surface area contributed by atoms with Crippen LogP contribution in [0, 0.1) is 11.7 Å². The van der Waals surface area contributed by atoms with Crippen LogP contribution >= 0.6 is 11.6 Å². The normalized spacial score (nSPS) is 22.2. The first-order valence-electron chi connectivity index (χ1n) is 11.4. The number of anilines is 1. The number of carbonyl (C=O) groups excluding carboxylic acids is 2. The number of hydrogen-bond acceptors (Lipinski definition) is 4. The van der Waals surface area contributed by atoms with Crippen molar-refractivity contribution in [2.75, 3.05) is 26.0 Å². The van der Waals surface area contributed by atoms with Gasteiger partial charge < -0.3 is 19.1 Å². The molecule has 2 unspecified atom stereocenters. The van der Waals surface area contributed by atoms with Crippen LogP contribution in [0.25, 0.3) is 11.1 Å². The second-order valence-electron chi connectivity index (χ2n) is 9.51. The largest absolute Gasteiger partial charge is 0.542 e. The molecule has 36 heavy (non-hydrogen) atoms. The van der Waals surface area contributed by atoms with Gasteiger partial charge in [0.2, 0.25) is 0 Å². The highest BCUT2D eigenvalue weighted by Gasteiger charge is 2.48. The zero-order valence-corrected chi connectivity index (χ0v) is 20.5. The van der Waals surface area contributed by atoms with Crippen LogP contribution < -0.4 is 10.4 Å². The molecule has 2 heterocycles. The molecular weight excluding hydrogens is 504 g/mol. The van der Waals surface area contributed by atoms with Crippen molar-refractivity contribution >= 4 is 29.4 Å². The number of benzene rings is 2. The number of nitrogens with one attached hydrogen (secondary N) is 1. The van der Waals surface area contributed by atoms with Gasteiger partial charge in [-0.25, -0.2) is 9.18 Å². The molecule has 2 aliphatic rings. The predicted molar refractivity (Wildman–Crippen MR) is 125 cm³/mol. The van der Waals surface area contributed by atoms with Crippen LogP contribution in [0.1, 0.15) is 25.7 Å². The summed E-state index contributed by atoms with van der Waals surface area (Å²) in [4.78, 5) is 21.3. The van der Waals surface area contributed by atoms with E-state index in [1.54, 1.807) is 6.07 Å². The van der Waals surface area contributed by atoms with Crippen LogP contribution in [0.15, 0.2) is 42.5 Å². The monoisotopic (exact) mass is 530 g/mol. The van der Waals surface area contributed by atoms with Crippen molar-refractivity contribution in [3.8, 4) is 11.1 Å². The summed E-state index contributed by atoms with van der Waals surface area (Å²) in [5, 5.41) is 11.3. The van der Waals surface area contributed by atoms with E-state index < -0.39 is 24.1 Å². The van der Waals surface area contributed by atoms with Gasteiger partial charge in [0.1, 0.15) is 16.8 Å². The van der Waals surface area contributed by atoms with Crippen LogP contribution in [0.3, 0.4) is 0 Å². The van der Waals surface area contributed by atoms with Crippen molar-refractivity contribution in [2.45, 2.75) is 43.9 Å². The lowest BCUT2D eigenvalue weighted by molar-refractivity contribution is -0.931. The zero-order valence-electron chi connectivity index (χ0n) is 19.8. The molecule has 0 saturated carbocycles. The van der Waals surface area contributed by atoms with Crippen LogP contribution in [0.2, 0.25) is 5.02 Å². The maximum Gasteiger partial charge on any atom is 0.430 e. The molecule has 2 aromatic rings. The first kappa shape index (κ1) is 27.7. The number of alkyl halides is 3. The lowest BCUT2D eigenvalue weighted by Crippen LogP contribution is -2.55. The molecule has 1 amide bonds. The lowest BCUT2D eigenvalue weighted by Gasteiger charge is -2.44. The third kappa shape index (κ3) is 6.47. The summed E-state index contributed by atoms with van der Waals surface area (Å²) < 4.78 is 52.2. The van der Waals surface area contributed by atoms with Crippen molar-refractivity contribution in [3.05, 3.63) is 53.3 Å². The van der Waals surface area contributed by atoms with E-state index in [2.05, 4.69) is 19.4 Å². The van der Waals surface area contributed by atoms with E-state index in [4.69, 9.17) is 26.2 Å². The van der Waals surface area contributed by atoms with Gasteiger partial charge in [-0.2, -0.15) is 13.2 Å². The maximum absolute atomic E-state index is 14.0. The Morgan fingerprint density at radius 1 is 1.08 bits per heavy atom. The summed E-state index contributed by atoms with van der Waals surface area (Å²) in [5.74, 6) is -3.21. The Morgan fingerprint density at radius 2 is 1.64 bits per heavy atom. The number of nitrogens with zero attached hydrogens (tertiary/aromatic N) is 1. The number of carbonyl (C=O) groups is 2. The standard InChI is InChI=1S/C23H26ClFN2O2.C2HF3O2/c1-27(2)17-8-9-18(27)13-15(12-17)14-29-23(28)26-22-19(10-11-20(25)21(22)24)16-6-4-3-5-7-16;3-2(4,5)1(6)7/h3-7,10-11,15,17-18H,8-9,12-14H2,1-2H3;(H,6,7). The summed E-state index contributed by atoms with van der Waals surface area (Å²) in [6.45, 7) is 0.381. The van der Waals surface area contributed by atoms with Crippen molar-refractivity contribution in [3.63, 3.8) is 0 Å². The fraction of sp³-hybridized carbons (Fsp3) is 0.440. The number of quaternary nitrogens is 1.